The van der Waals surface area contributed by atoms with E-state index in [2.05, 4.69) is 6.92 Å². The Morgan fingerprint density at radius 2 is 2.20 bits per heavy atom. The first-order valence-corrected chi connectivity index (χ1v) is 4.12. The van der Waals surface area contributed by atoms with E-state index in [1.807, 2.05) is 6.08 Å². The largest absolute Gasteiger partial charge is 0.478 e. The lowest BCUT2D eigenvalue weighted by atomic mass is 10.2. The summed E-state index contributed by atoms with van der Waals surface area (Å²) in [6, 6.07) is 0. The summed E-state index contributed by atoms with van der Waals surface area (Å²) in [6.07, 6.45) is 1.82. The molecule has 1 rings (SSSR count). The molecule has 10 heavy (non-hydrogen) atoms. The molecule has 1 heterocycles. The predicted octanol–water partition coefficient (Wildman–Crippen LogP) is 1.52. The minimum Gasteiger partial charge on any atom is -0.478 e. The molecule has 0 spiro atoms. The van der Waals surface area contributed by atoms with Gasteiger partial charge in [-0.15, -0.1) is 11.8 Å². The third kappa shape index (κ3) is 1.77. The van der Waals surface area contributed by atoms with Crippen molar-refractivity contribution in [1.29, 1.82) is 0 Å². The van der Waals surface area contributed by atoms with E-state index < -0.39 is 5.97 Å². The molecule has 0 aromatic carbocycles. The molecule has 2 nitrogen and oxygen atoms in total. The van der Waals surface area contributed by atoms with Gasteiger partial charge in [0.2, 0.25) is 0 Å². The quantitative estimate of drug-likeness (QED) is 0.489. The molecule has 1 aliphatic rings. The molecule has 1 saturated heterocycles. The number of carboxylic acids is 1. The van der Waals surface area contributed by atoms with Crippen molar-refractivity contribution >= 4 is 17.7 Å². The van der Waals surface area contributed by atoms with Crippen LogP contribution in [0, 0.1) is 0 Å². The highest BCUT2D eigenvalue weighted by atomic mass is 32.2. The van der Waals surface area contributed by atoms with Crippen LogP contribution in [0.25, 0.3) is 0 Å². The summed E-state index contributed by atoms with van der Waals surface area (Å²) in [7, 11) is 0. The van der Waals surface area contributed by atoms with Crippen molar-refractivity contribution < 1.29 is 9.90 Å². The maximum absolute atomic E-state index is 10.3. The van der Waals surface area contributed by atoms with Gasteiger partial charge >= 0.3 is 5.97 Å². The van der Waals surface area contributed by atoms with E-state index in [4.69, 9.17) is 5.11 Å². The molecule has 3 heteroatoms. The van der Waals surface area contributed by atoms with Crippen molar-refractivity contribution in [2.45, 2.75) is 24.3 Å². The molecule has 2 atom stereocenters. The average Bonchev–Trinajstić information content (AvgIpc) is 2.46. The SMILES string of the molecule is CC(=CC1SC1C)C(=O)O. The lowest BCUT2D eigenvalue weighted by Gasteiger charge is -1.88. The standard InChI is InChI=1S/C7H10O2S/c1-4(7(8)9)3-6-5(2)10-6/h3,5-6H,1-2H3,(H,8,9). The van der Waals surface area contributed by atoms with Gasteiger partial charge in [0.15, 0.2) is 0 Å². The van der Waals surface area contributed by atoms with Crippen LogP contribution in [0.2, 0.25) is 0 Å². The zero-order valence-corrected chi connectivity index (χ0v) is 6.81. The van der Waals surface area contributed by atoms with Gasteiger partial charge in [0.05, 0.1) is 0 Å². The zero-order valence-electron chi connectivity index (χ0n) is 6.00. The molecule has 0 aromatic heterocycles. The predicted molar refractivity (Wildman–Crippen MR) is 42.2 cm³/mol. The van der Waals surface area contributed by atoms with Gasteiger partial charge < -0.3 is 5.11 Å². The molecule has 0 aliphatic carbocycles. The first-order chi connectivity index (χ1) is 4.61. The van der Waals surface area contributed by atoms with E-state index in [9.17, 15) is 4.79 Å². The fraction of sp³-hybridized carbons (Fsp3) is 0.571. The summed E-state index contributed by atoms with van der Waals surface area (Å²) in [4.78, 5) is 10.3. The van der Waals surface area contributed by atoms with Crippen LogP contribution in [0.4, 0.5) is 0 Å². The zero-order chi connectivity index (χ0) is 7.72. The molecular weight excluding hydrogens is 148 g/mol. The third-order valence-electron chi connectivity index (χ3n) is 1.51. The van der Waals surface area contributed by atoms with Gasteiger partial charge in [-0.2, -0.15) is 0 Å². The number of hydrogen-bond donors (Lipinski definition) is 1. The van der Waals surface area contributed by atoms with E-state index >= 15 is 0 Å². The van der Waals surface area contributed by atoms with Crippen LogP contribution in [0.5, 0.6) is 0 Å². The van der Waals surface area contributed by atoms with Crippen molar-refractivity contribution in [3.05, 3.63) is 11.6 Å². The van der Waals surface area contributed by atoms with Crippen molar-refractivity contribution in [2.75, 3.05) is 0 Å². The maximum Gasteiger partial charge on any atom is 0.330 e. The normalized spacial score (nSPS) is 32.0. The van der Waals surface area contributed by atoms with Crippen LogP contribution in [0.1, 0.15) is 13.8 Å². The summed E-state index contributed by atoms with van der Waals surface area (Å²) in [5.74, 6) is -0.806. The Hall–Kier alpha value is -0.440. The Morgan fingerprint density at radius 3 is 2.50 bits per heavy atom. The molecule has 1 fully saturated rings. The molecule has 1 aliphatic heterocycles. The van der Waals surface area contributed by atoms with Crippen LogP contribution in [0.15, 0.2) is 11.6 Å². The lowest BCUT2D eigenvalue weighted by Crippen LogP contribution is -1.97. The fourth-order valence-corrected chi connectivity index (χ4v) is 1.46. The Balaban J connectivity index is 2.47. The van der Waals surface area contributed by atoms with Gasteiger partial charge in [0, 0.05) is 16.1 Å². The monoisotopic (exact) mass is 158 g/mol. The summed E-state index contributed by atoms with van der Waals surface area (Å²) in [5, 5.41) is 9.54. The summed E-state index contributed by atoms with van der Waals surface area (Å²) in [5.41, 5.74) is 0.460. The average molecular weight is 158 g/mol. The number of carboxylic acid groups (broad SMARTS) is 1. The highest BCUT2D eigenvalue weighted by molar-refractivity contribution is 8.07. The molecule has 0 aromatic rings. The van der Waals surface area contributed by atoms with E-state index in [1.165, 1.54) is 0 Å². The Morgan fingerprint density at radius 1 is 1.70 bits per heavy atom. The third-order valence-corrected chi connectivity index (χ3v) is 2.78. The Labute approximate surface area is 64.3 Å². The summed E-state index contributed by atoms with van der Waals surface area (Å²) < 4.78 is 0. The van der Waals surface area contributed by atoms with E-state index in [0.29, 0.717) is 16.1 Å². The van der Waals surface area contributed by atoms with Crippen LogP contribution >= 0.6 is 11.8 Å². The van der Waals surface area contributed by atoms with Crippen LogP contribution in [-0.4, -0.2) is 21.6 Å². The number of aliphatic carboxylic acids is 1. The molecule has 56 valence electrons. The van der Waals surface area contributed by atoms with Gasteiger partial charge in [-0.1, -0.05) is 13.0 Å². The molecule has 0 bridgehead atoms. The van der Waals surface area contributed by atoms with E-state index in [-0.39, 0.29) is 0 Å². The summed E-state index contributed by atoms with van der Waals surface area (Å²) >= 11 is 1.80. The minimum atomic E-state index is -0.806. The fourth-order valence-electron chi connectivity index (χ4n) is 0.695. The Kier molecular flexibility index (Phi) is 2.04. The molecule has 0 saturated carbocycles. The second-order valence-corrected chi connectivity index (χ2v) is 4.02. The second-order valence-electron chi connectivity index (χ2n) is 2.46. The smallest absolute Gasteiger partial charge is 0.330 e. The van der Waals surface area contributed by atoms with Crippen molar-refractivity contribution in [2.24, 2.45) is 0 Å². The first kappa shape index (κ1) is 7.66. The summed E-state index contributed by atoms with van der Waals surface area (Å²) in [6.45, 7) is 3.73. The molecule has 2 unspecified atom stereocenters. The number of rotatable bonds is 2. The molecule has 1 N–H and O–H groups in total. The maximum atomic E-state index is 10.3. The molecule has 0 amide bonds. The van der Waals surface area contributed by atoms with E-state index in [0.717, 1.165) is 0 Å². The topological polar surface area (TPSA) is 37.3 Å². The highest BCUT2D eigenvalue weighted by Crippen LogP contribution is 2.42. The number of carbonyl (C=O) groups is 1. The van der Waals surface area contributed by atoms with Gasteiger partial charge in [0.25, 0.3) is 0 Å². The van der Waals surface area contributed by atoms with Crippen molar-refractivity contribution in [3.8, 4) is 0 Å². The lowest BCUT2D eigenvalue weighted by molar-refractivity contribution is -0.132. The van der Waals surface area contributed by atoms with Crippen LogP contribution in [0.3, 0.4) is 0 Å². The minimum absolute atomic E-state index is 0.455. The highest BCUT2D eigenvalue weighted by Gasteiger charge is 2.31. The van der Waals surface area contributed by atoms with Gasteiger partial charge in [-0.25, -0.2) is 4.79 Å². The van der Waals surface area contributed by atoms with Gasteiger partial charge in [-0.3, -0.25) is 0 Å². The first-order valence-electron chi connectivity index (χ1n) is 3.18. The molecule has 0 radical (unpaired) electrons. The van der Waals surface area contributed by atoms with E-state index in [1.54, 1.807) is 18.7 Å². The Bertz CT molecular complexity index is 186. The van der Waals surface area contributed by atoms with Crippen LogP contribution < -0.4 is 0 Å². The molecular formula is C7H10O2S. The van der Waals surface area contributed by atoms with Gasteiger partial charge in [0.1, 0.15) is 0 Å². The van der Waals surface area contributed by atoms with Crippen molar-refractivity contribution in [3.63, 3.8) is 0 Å². The second kappa shape index (κ2) is 2.66. The number of hydrogen-bond acceptors (Lipinski definition) is 2. The van der Waals surface area contributed by atoms with Crippen LogP contribution in [-0.2, 0) is 4.79 Å². The van der Waals surface area contributed by atoms with Gasteiger partial charge in [-0.05, 0) is 6.92 Å². The number of thioether (sulfide) groups is 1. The van der Waals surface area contributed by atoms with Crippen molar-refractivity contribution in [1.82, 2.24) is 0 Å².